The van der Waals surface area contributed by atoms with E-state index in [1.54, 1.807) is 0 Å². The summed E-state index contributed by atoms with van der Waals surface area (Å²) < 4.78 is 5.63. The Hall–Kier alpha value is 0.270. The van der Waals surface area contributed by atoms with Gasteiger partial charge in [-0.1, -0.05) is 0 Å². The van der Waals surface area contributed by atoms with Gasteiger partial charge in [0.2, 0.25) is 0 Å². The van der Waals surface area contributed by atoms with Crippen molar-refractivity contribution >= 4 is 11.8 Å². The van der Waals surface area contributed by atoms with Crippen molar-refractivity contribution in [2.75, 3.05) is 32.2 Å². The Morgan fingerprint density at radius 1 is 1.42 bits per heavy atom. The van der Waals surface area contributed by atoms with Gasteiger partial charge in [0.1, 0.15) is 0 Å². The second-order valence-electron chi connectivity index (χ2n) is 3.35. The van der Waals surface area contributed by atoms with Crippen LogP contribution in [-0.2, 0) is 4.74 Å². The molecule has 1 aliphatic rings. The van der Waals surface area contributed by atoms with E-state index in [0.29, 0.717) is 0 Å². The molecule has 1 heterocycles. The average molecular weight is 189 g/mol. The van der Waals surface area contributed by atoms with Crippen molar-refractivity contribution in [1.82, 2.24) is 5.32 Å². The third-order valence-corrected chi connectivity index (χ3v) is 3.65. The summed E-state index contributed by atoms with van der Waals surface area (Å²) in [5.41, 5.74) is 0.189. The summed E-state index contributed by atoms with van der Waals surface area (Å²) in [6.07, 6.45) is 3.59. The number of nitrogens with one attached hydrogen (secondary N) is 1. The maximum Gasteiger partial charge on any atom is 0.0706 e. The van der Waals surface area contributed by atoms with Crippen LogP contribution in [0.4, 0.5) is 0 Å². The van der Waals surface area contributed by atoms with Crippen molar-refractivity contribution in [2.45, 2.75) is 24.9 Å². The van der Waals surface area contributed by atoms with Crippen LogP contribution >= 0.6 is 11.8 Å². The highest BCUT2D eigenvalue weighted by Crippen LogP contribution is 2.32. The van der Waals surface area contributed by atoms with E-state index in [2.05, 4.69) is 5.32 Å². The van der Waals surface area contributed by atoms with E-state index in [1.165, 1.54) is 24.3 Å². The zero-order chi connectivity index (χ0) is 8.86. The lowest BCUT2D eigenvalue weighted by Crippen LogP contribution is -2.38. The van der Waals surface area contributed by atoms with Gasteiger partial charge in [0.15, 0.2) is 0 Å². The number of thioether (sulfide) groups is 1. The van der Waals surface area contributed by atoms with Crippen LogP contribution in [0.3, 0.4) is 0 Å². The Labute approximate surface area is 79.4 Å². The molecular formula is C9H19NOS. The molecule has 0 atom stereocenters. The smallest absolute Gasteiger partial charge is 0.0706 e. The van der Waals surface area contributed by atoms with E-state index >= 15 is 0 Å². The molecule has 1 rings (SSSR count). The van der Waals surface area contributed by atoms with Crippen molar-refractivity contribution < 1.29 is 4.74 Å². The van der Waals surface area contributed by atoms with Gasteiger partial charge >= 0.3 is 0 Å². The van der Waals surface area contributed by atoms with Crippen LogP contribution in [0.15, 0.2) is 0 Å². The Morgan fingerprint density at radius 3 is 2.58 bits per heavy atom. The van der Waals surface area contributed by atoms with Gasteiger partial charge in [-0.05, 0) is 44.4 Å². The maximum atomic E-state index is 5.63. The van der Waals surface area contributed by atoms with E-state index in [9.17, 15) is 0 Å². The molecule has 0 amide bonds. The highest BCUT2D eigenvalue weighted by atomic mass is 32.2. The quantitative estimate of drug-likeness (QED) is 0.724. The van der Waals surface area contributed by atoms with Crippen LogP contribution < -0.4 is 5.32 Å². The minimum absolute atomic E-state index is 0.189. The molecule has 3 heteroatoms. The average Bonchev–Trinajstić information content (AvgIpc) is 2.16. The molecule has 0 aliphatic carbocycles. The van der Waals surface area contributed by atoms with Crippen LogP contribution in [0.5, 0.6) is 0 Å². The van der Waals surface area contributed by atoms with Crippen LogP contribution in [0.1, 0.15) is 19.3 Å². The zero-order valence-electron chi connectivity index (χ0n) is 8.06. The first kappa shape index (κ1) is 10.4. The van der Waals surface area contributed by atoms with Gasteiger partial charge in [-0.2, -0.15) is 11.8 Å². The van der Waals surface area contributed by atoms with E-state index in [1.807, 2.05) is 25.9 Å². The topological polar surface area (TPSA) is 21.3 Å². The maximum absolute atomic E-state index is 5.63. The summed E-state index contributed by atoms with van der Waals surface area (Å²) in [6, 6.07) is 0. The van der Waals surface area contributed by atoms with Crippen molar-refractivity contribution in [2.24, 2.45) is 0 Å². The standard InChI is InChI=1S/C9H19NOS/c1-10-6-3-9(11-2)4-7-12-8-5-9/h10H,3-8H2,1-2H3. The molecule has 1 saturated heterocycles. The number of methoxy groups -OCH3 is 1. The van der Waals surface area contributed by atoms with Crippen LogP contribution in [-0.4, -0.2) is 37.8 Å². The van der Waals surface area contributed by atoms with E-state index < -0.39 is 0 Å². The molecule has 72 valence electrons. The first-order chi connectivity index (χ1) is 5.83. The Balaban J connectivity index is 2.37. The summed E-state index contributed by atoms with van der Waals surface area (Å²) in [7, 11) is 3.85. The van der Waals surface area contributed by atoms with Gasteiger partial charge in [0.05, 0.1) is 5.60 Å². The molecule has 1 aliphatic heterocycles. The van der Waals surface area contributed by atoms with E-state index in [0.717, 1.165) is 13.0 Å². The van der Waals surface area contributed by atoms with Crippen molar-refractivity contribution in [1.29, 1.82) is 0 Å². The molecule has 1 fully saturated rings. The third kappa shape index (κ3) is 2.64. The SMILES string of the molecule is CNCCC1(OC)CCSCC1. The fourth-order valence-electron chi connectivity index (χ4n) is 1.65. The fraction of sp³-hybridized carbons (Fsp3) is 1.00. The molecule has 0 bridgehead atoms. The fourth-order valence-corrected chi connectivity index (χ4v) is 2.89. The summed E-state index contributed by atoms with van der Waals surface area (Å²) in [4.78, 5) is 0. The predicted molar refractivity (Wildman–Crippen MR) is 54.8 cm³/mol. The molecule has 1 N–H and O–H groups in total. The number of hydrogen-bond acceptors (Lipinski definition) is 3. The van der Waals surface area contributed by atoms with Crippen molar-refractivity contribution in [3.05, 3.63) is 0 Å². The first-order valence-electron chi connectivity index (χ1n) is 4.60. The Morgan fingerprint density at radius 2 is 2.08 bits per heavy atom. The molecule has 0 saturated carbocycles. The van der Waals surface area contributed by atoms with Crippen molar-refractivity contribution in [3.8, 4) is 0 Å². The van der Waals surface area contributed by atoms with E-state index in [-0.39, 0.29) is 5.60 Å². The molecule has 0 spiro atoms. The summed E-state index contributed by atoms with van der Waals surface area (Å²) in [6.45, 7) is 1.07. The number of hydrogen-bond donors (Lipinski definition) is 1. The Bertz CT molecular complexity index is 124. The minimum atomic E-state index is 0.189. The van der Waals surface area contributed by atoms with Crippen molar-refractivity contribution in [3.63, 3.8) is 0 Å². The highest BCUT2D eigenvalue weighted by molar-refractivity contribution is 7.99. The molecule has 0 aromatic rings. The van der Waals surface area contributed by atoms with Gasteiger partial charge in [-0.15, -0.1) is 0 Å². The summed E-state index contributed by atoms with van der Waals surface area (Å²) >= 11 is 2.05. The third-order valence-electron chi connectivity index (χ3n) is 2.67. The van der Waals surface area contributed by atoms with E-state index in [4.69, 9.17) is 4.74 Å². The lowest BCUT2D eigenvalue weighted by Gasteiger charge is -2.35. The van der Waals surface area contributed by atoms with Crippen LogP contribution in [0, 0.1) is 0 Å². The van der Waals surface area contributed by atoms with Crippen LogP contribution in [0.25, 0.3) is 0 Å². The predicted octanol–water partition coefficient (Wildman–Crippen LogP) is 1.51. The zero-order valence-corrected chi connectivity index (χ0v) is 8.88. The largest absolute Gasteiger partial charge is 0.378 e. The molecule has 2 nitrogen and oxygen atoms in total. The van der Waals surface area contributed by atoms with Gasteiger partial charge < -0.3 is 10.1 Å². The second-order valence-corrected chi connectivity index (χ2v) is 4.58. The highest BCUT2D eigenvalue weighted by Gasteiger charge is 2.31. The number of rotatable bonds is 4. The van der Waals surface area contributed by atoms with Gasteiger partial charge in [0, 0.05) is 7.11 Å². The molecule has 0 aromatic heterocycles. The molecule has 0 aromatic carbocycles. The normalized spacial score (nSPS) is 22.5. The summed E-state index contributed by atoms with van der Waals surface area (Å²) in [5.74, 6) is 2.52. The lowest BCUT2D eigenvalue weighted by molar-refractivity contribution is -0.0230. The Kier molecular flexibility index (Phi) is 4.40. The summed E-state index contributed by atoms with van der Waals surface area (Å²) in [5, 5.41) is 3.19. The molecular weight excluding hydrogens is 170 g/mol. The monoisotopic (exact) mass is 189 g/mol. The lowest BCUT2D eigenvalue weighted by atomic mass is 9.92. The second kappa shape index (κ2) is 5.10. The van der Waals surface area contributed by atoms with Gasteiger partial charge in [0.25, 0.3) is 0 Å². The van der Waals surface area contributed by atoms with Gasteiger partial charge in [-0.25, -0.2) is 0 Å². The molecule has 12 heavy (non-hydrogen) atoms. The number of ether oxygens (including phenoxy) is 1. The molecule has 0 radical (unpaired) electrons. The first-order valence-corrected chi connectivity index (χ1v) is 5.76. The minimum Gasteiger partial charge on any atom is -0.378 e. The van der Waals surface area contributed by atoms with Gasteiger partial charge in [-0.3, -0.25) is 0 Å². The molecule has 0 unspecified atom stereocenters. The van der Waals surface area contributed by atoms with Crippen LogP contribution in [0.2, 0.25) is 0 Å².